The molecule has 0 atom stereocenters. The van der Waals surface area contributed by atoms with Crippen LogP contribution in [0.25, 0.3) is 0 Å². The molecule has 8 heteroatoms. The minimum absolute atomic E-state index is 0.0442. The fraction of sp³-hybridized carbons (Fsp3) is 0.684. The molecule has 4 heterocycles. The molecule has 2 saturated heterocycles. The highest BCUT2D eigenvalue weighted by atomic mass is 16.5. The van der Waals surface area contributed by atoms with Crippen molar-refractivity contribution < 1.29 is 14.3 Å². The third kappa shape index (κ3) is 3.63. The highest BCUT2D eigenvalue weighted by Crippen LogP contribution is 2.32. The molecular formula is C19H27N5O3. The van der Waals surface area contributed by atoms with Crippen molar-refractivity contribution in [1.82, 2.24) is 20.6 Å². The van der Waals surface area contributed by atoms with E-state index >= 15 is 0 Å². The van der Waals surface area contributed by atoms with E-state index in [1.807, 2.05) is 0 Å². The second kappa shape index (κ2) is 7.07. The van der Waals surface area contributed by atoms with Gasteiger partial charge in [-0.3, -0.25) is 9.59 Å². The maximum absolute atomic E-state index is 12.4. The third-order valence-electron chi connectivity index (χ3n) is 5.59. The fourth-order valence-corrected chi connectivity index (χ4v) is 4.07. The van der Waals surface area contributed by atoms with Crippen molar-refractivity contribution in [3.05, 3.63) is 17.1 Å². The minimum atomic E-state index is -0.268. The summed E-state index contributed by atoms with van der Waals surface area (Å²) in [6.45, 7) is 7.18. The average molecular weight is 373 g/mol. The summed E-state index contributed by atoms with van der Waals surface area (Å²) < 4.78 is 5.87. The Hall–Kier alpha value is -2.22. The molecule has 0 bridgehead atoms. The second-order valence-electron chi connectivity index (χ2n) is 8.13. The molecule has 0 unspecified atom stereocenters. The lowest BCUT2D eigenvalue weighted by atomic mass is 9.89. The number of ether oxygens (including phenoxy) is 1. The van der Waals surface area contributed by atoms with Crippen molar-refractivity contribution in [3.63, 3.8) is 0 Å². The molecule has 0 aliphatic carbocycles. The average Bonchev–Trinajstić information content (AvgIpc) is 2.65. The Labute approximate surface area is 159 Å². The van der Waals surface area contributed by atoms with E-state index in [2.05, 4.69) is 34.4 Å². The van der Waals surface area contributed by atoms with Crippen LogP contribution < -0.4 is 15.5 Å². The summed E-state index contributed by atoms with van der Waals surface area (Å²) in [6, 6.07) is 0. The van der Waals surface area contributed by atoms with Crippen LogP contribution >= 0.6 is 0 Å². The van der Waals surface area contributed by atoms with Gasteiger partial charge < -0.3 is 20.3 Å². The van der Waals surface area contributed by atoms with Gasteiger partial charge in [-0.2, -0.15) is 0 Å². The van der Waals surface area contributed by atoms with Gasteiger partial charge in [-0.1, -0.05) is 13.8 Å². The van der Waals surface area contributed by atoms with Crippen LogP contribution in [0.3, 0.4) is 0 Å². The number of hydrogen-bond donors (Lipinski definition) is 2. The van der Waals surface area contributed by atoms with Crippen molar-refractivity contribution in [3.8, 4) is 0 Å². The predicted molar refractivity (Wildman–Crippen MR) is 99.8 cm³/mol. The van der Waals surface area contributed by atoms with Crippen LogP contribution in [0.4, 0.5) is 5.82 Å². The first-order valence-electron chi connectivity index (χ1n) is 9.79. The van der Waals surface area contributed by atoms with E-state index in [1.54, 1.807) is 0 Å². The second-order valence-corrected chi connectivity index (χ2v) is 8.13. The molecule has 0 radical (unpaired) electrons. The number of carbonyl (C=O) groups excluding carboxylic acids is 2. The molecule has 1 aromatic heterocycles. The van der Waals surface area contributed by atoms with Crippen LogP contribution in [0.1, 0.15) is 48.6 Å². The van der Waals surface area contributed by atoms with Gasteiger partial charge in [0.1, 0.15) is 23.9 Å². The molecular weight excluding hydrogens is 346 g/mol. The SMILES string of the molecule is CC(C)Cc1nc2c(c(N3CCC4(CC3)CNC(=O)CO4)n1)CCNC2=O. The number of carbonyl (C=O) groups is 2. The molecule has 8 nitrogen and oxygen atoms in total. The summed E-state index contributed by atoms with van der Waals surface area (Å²) in [5.41, 5.74) is 1.22. The molecule has 2 N–H and O–H groups in total. The number of aromatic nitrogens is 2. The number of rotatable bonds is 3. The van der Waals surface area contributed by atoms with E-state index in [1.165, 1.54) is 0 Å². The smallest absolute Gasteiger partial charge is 0.270 e. The van der Waals surface area contributed by atoms with Gasteiger partial charge in [0.15, 0.2) is 0 Å². The summed E-state index contributed by atoms with van der Waals surface area (Å²) in [5.74, 6) is 1.91. The normalized spacial score (nSPS) is 21.8. The van der Waals surface area contributed by atoms with Crippen LogP contribution in [-0.2, 0) is 22.4 Å². The Balaban J connectivity index is 1.59. The fourth-order valence-electron chi connectivity index (χ4n) is 4.07. The van der Waals surface area contributed by atoms with E-state index in [-0.39, 0.29) is 24.0 Å². The topological polar surface area (TPSA) is 96.5 Å². The Morgan fingerprint density at radius 2 is 1.96 bits per heavy atom. The number of piperidine rings is 1. The van der Waals surface area contributed by atoms with Crippen molar-refractivity contribution in [2.75, 3.05) is 37.7 Å². The molecule has 146 valence electrons. The lowest BCUT2D eigenvalue weighted by Crippen LogP contribution is -2.57. The van der Waals surface area contributed by atoms with Gasteiger partial charge in [0.25, 0.3) is 5.91 Å². The van der Waals surface area contributed by atoms with E-state index < -0.39 is 0 Å². The number of amides is 2. The van der Waals surface area contributed by atoms with Crippen molar-refractivity contribution >= 4 is 17.6 Å². The van der Waals surface area contributed by atoms with E-state index in [9.17, 15) is 9.59 Å². The maximum atomic E-state index is 12.4. The standard InChI is InChI=1S/C19H27N5O3/c1-12(2)9-14-22-16-13(3-6-20-18(16)26)17(23-14)24-7-4-19(5-8-24)11-21-15(25)10-27-19/h12H,3-11H2,1-2H3,(H,20,26)(H,21,25). The first-order chi connectivity index (χ1) is 13.0. The van der Waals surface area contributed by atoms with Gasteiger partial charge in [-0.05, 0) is 25.2 Å². The Morgan fingerprint density at radius 3 is 2.63 bits per heavy atom. The van der Waals surface area contributed by atoms with Crippen molar-refractivity contribution in [1.29, 1.82) is 0 Å². The van der Waals surface area contributed by atoms with E-state index in [0.717, 1.165) is 56.0 Å². The lowest BCUT2D eigenvalue weighted by molar-refractivity contribution is -0.146. The largest absolute Gasteiger partial charge is 0.363 e. The summed E-state index contributed by atoms with van der Waals surface area (Å²) in [6.07, 6.45) is 3.17. The predicted octanol–water partition coefficient (Wildman–Crippen LogP) is 0.446. The number of fused-ring (bicyclic) bond motifs is 1. The molecule has 3 aliphatic rings. The summed E-state index contributed by atoms with van der Waals surface area (Å²) in [4.78, 5) is 35.4. The Bertz CT molecular complexity index is 744. The zero-order chi connectivity index (χ0) is 19.0. The van der Waals surface area contributed by atoms with Gasteiger partial charge in [-0.25, -0.2) is 9.97 Å². The summed E-state index contributed by atoms with van der Waals surface area (Å²) >= 11 is 0. The molecule has 0 aromatic carbocycles. The molecule has 2 amide bonds. The van der Waals surface area contributed by atoms with Crippen LogP contribution in [-0.4, -0.2) is 60.2 Å². The van der Waals surface area contributed by atoms with Gasteiger partial charge in [0.05, 0.1) is 5.60 Å². The number of hydrogen-bond acceptors (Lipinski definition) is 6. The van der Waals surface area contributed by atoms with Crippen molar-refractivity contribution in [2.24, 2.45) is 5.92 Å². The first kappa shape index (κ1) is 18.2. The van der Waals surface area contributed by atoms with Gasteiger partial charge in [0.2, 0.25) is 5.91 Å². The quantitative estimate of drug-likeness (QED) is 0.798. The van der Waals surface area contributed by atoms with E-state index in [4.69, 9.17) is 9.72 Å². The number of anilines is 1. The van der Waals surface area contributed by atoms with Crippen molar-refractivity contribution in [2.45, 2.75) is 45.1 Å². The van der Waals surface area contributed by atoms with E-state index in [0.29, 0.717) is 24.7 Å². The third-order valence-corrected chi connectivity index (χ3v) is 5.59. The monoisotopic (exact) mass is 373 g/mol. The summed E-state index contributed by atoms with van der Waals surface area (Å²) in [5, 5.41) is 5.81. The van der Waals surface area contributed by atoms with Crippen LogP contribution in [0.2, 0.25) is 0 Å². The molecule has 1 aromatic rings. The Morgan fingerprint density at radius 1 is 1.19 bits per heavy atom. The van der Waals surface area contributed by atoms with Crippen LogP contribution in [0.5, 0.6) is 0 Å². The number of morpholine rings is 1. The maximum Gasteiger partial charge on any atom is 0.270 e. The minimum Gasteiger partial charge on any atom is -0.363 e. The number of nitrogens with one attached hydrogen (secondary N) is 2. The van der Waals surface area contributed by atoms with Gasteiger partial charge in [-0.15, -0.1) is 0 Å². The molecule has 3 aliphatic heterocycles. The molecule has 2 fully saturated rings. The first-order valence-corrected chi connectivity index (χ1v) is 9.79. The van der Waals surface area contributed by atoms with Gasteiger partial charge >= 0.3 is 0 Å². The highest BCUT2D eigenvalue weighted by molar-refractivity contribution is 5.96. The zero-order valence-corrected chi connectivity index (χ0v) is 16.0. The Kier molecular flexibility index (Phi) is 4.75. The molecule has 27 heavy (non-hydrogen) atoms. The molecule has 1 spiro atoms. The molecule has 4 rings (SSSR count). The lowest BCUT2D eigenvalue weighted by Gasteiger charge is -2.44. The number of nitrogens with zero attached hydrogens (tertiary/aromatic N) is 3. The molecule has 0 saturated carbocycles. The summed E-state index contributed by atoms with van der Waals surface area (Å²) in [7, 11) is 0. The van der Waals surface area contributed by atoms with Crippen LogP contribution in [0, 0.1) is 5.92 Å². The van der Waals surface area contributed by atoms with Gasteiger partial charge in [0, 0.05) is 38.2 Å². The highest BCUT2D eigenvalue weighted by Gasteiger charge is 2.40. The van der Waals surface area contributed by atoms with Crippen LogP contribution in [0.15, 0.2) is 0 Å². The zero-order valence-electron chi connectivity index (χ0n) is 16.0.